The molecule has 0 heterocycles. The number of hydrogen-bond donors (Lipinski definition) is 1. The molecule has 0 spiro atoms. The third-order valence-electron chi connectivity index (χ3n) is 4.05. The maximum atomic E-state index is 5.23. The van der Waals surface area contributed by atoms with Gasteiger partial charge in [-0.1, -0.05) is 22.0 Å². The van der Waals surface area contributed by atoms with E-state index in [9.17, 15) is 0 Å². The molecule has 0 radical (unpaired) electrons. The largest absolute Gasteiger partial charge is 0.383 e. The van der Waals surface area contributed by atoms with Crippen molar-refractivity contribution in [1.29, 1.82) is 0 Å². The Labute approximate surface area is 129 Å². The van der Waals surface area contributed by atoms with Crippen molar-refractivity contribution in [3.8, 4) is 0 Å². The van der Waals surface area contributed by atoms with Crippen molar-refractivity contribution in [1.82, 2.24) is 5.32 Å². The van der Waals surface area contributed by atoms with Crippen molar-refractivity contribution in [2.75, 3.05) is 25.2 Å². The summed E-state index contributed by atoms with van der Waals surface area (Å²) < 4.78 is 6.45. The van der Waals surface area contributed by atoms with Crippen molar-refractivity contribution in [3.05, 3.63) is 28.2 Å². The average Bonchev–Trinajstić information content (AvgIpc) is 3.31. The first kappa shape index (κ1) is 14.4. The van der Waals surface area contributed by atoms with E-state index in [1.807, 2.05) is 0 Å². The highest BCUT2D eigenvalue weighted by Crippen LogP contribution is 2.33. The first-order chi connectivity index (χ1) is 9.78. The minimum atomic E-state index is 0.715. The number of ether oxygens (including phenoxy) is 1. The highest BCUT2D eigenvalue weighted by atomic mass is 79.9. The molecule has 1 N–H and O–H groups in total. The number of nitrogens with zero attached hydrogens (tertiary/aromatic N) is 1. The van der Waals surface area contributed by atoms with Gasteiger partial charge in [-0.25, -0.2) is 0 Å². The fourth-order valence-electron chi connectivity index (χ4n) is 2.50. The molecule has 0 unspecified atom stereocenters. The molecule has 3 rings (SSSR count). The molecule has 0 atom stereocenters. The predicted molar refractivity (Wildman–Crippen MR) is 86.2 cm³/mol. The smallest absolute Gasteiger partial charge is 0.0637 e. The maximum Gasteiger partial charge on any atom is 0.0637 e. The van der Waals surface area contributed by atoms with Crippen LogP contribution in [0.15, 0.2) is 22.7 Å². The van der Waals surface area contributed by atoms with E-state index in [-0.39, 0.29) is 0 Å². The summed E-state index contributed by atoms with van der Waals surface area (Å²) in [4.78, 5) is 2.48. The van der Waals surface area contributed by atoms with Gasteiger partial charge < -0.3 is 15.0 Å². The summed E-state index contributed by atoms with van der Waals surface area (Å²) in [5.41, 5.74) is 2.66. The van der Waals surface area contributed by atoms with E-state index < -0.39 is 0 Å². The fraction of sp³-hybridized carbons (Fsp3) is 0.625. The Hall–Kier alpha value is -0.580. The first-order valence-electron chi connectivity index (χ1n) is 7.55. The van der Waals surface area contributed by atoms with Gasteiger partial charge in [0.05, 0.1) is 6.61 Å². The predicted octanol–water partition coefficient (Wildman–Crippen LogP) is 3.32. The van der Waals surface area contributed by atoms with E-state index in [2.05, 4.69) is 44.3 Å². The van der Waals surface area contributed by atoms with Gasteiger partial charge in [0.1, 0.15) is 0 Å². The van der Waals surface area contributed by atoms with Gasteiger partial charge in [-0.05, 0) is 43.4 Å². The third-order valence-corrected chi connectivity index (χ3v) is 4.79. The second-order valence-corrected chi connectivity index (χ2v) is 6.70. The third kappa shape index (κ3) is 3.74. The Morgan fingerprint density at radius 2 is 2.10 bits per heavy atom. The average molecular weight is 339 g/mol. The molecule has 0 saturated heterocycles. The summed E-state index contributed by atoms with van der Waals surface area (Å²) >= 11 is 3.73. The van der Waals surface area contributed by atoms with Gasteiger partial charge in [-0.2, -0.15) is 0 Å². The lowest BCUT2D eigenvalue weighted by Crippen LogP contribution is -2.29. The van der Waals surface area contributed by atoms with Gasteiger partial charge in [0.2, 0.25) is 0 Å². The number of methoxy groups -OCH3 is 1. The molecular formula is C16H23BrN2O. The first-order valence-corrected chi connectivity index (χ1v) is 8.34. The molecule has 4 heteroatoms. The van der Waals surface area contributed by atoms with E-state index in [1.54, 1.807) is 7.11 Å². The lowest BCUT2D eigenvalue weighted by molar-refractivity contribution is 0.205. The van der Waals surface area contributed by atoms with Crippen LogP contribution in [0.4, 0.5) is 5.69 Å². The van der Waals surface area contributed by atoms with Crippen LogP contribution in [0.1, 0.15) is 31.2 Å². The van der Waals surface area contributed by atoms with Gasteiger partial charge >= 0.3 is 0 Å². The number of anilines is 1. The van der Waals surface area contributed by atoms with Gasteiger partial charge in [0.25, 0.3) is 0 Å². The zero-order chi connectivity index (χ0) is 13.9. The minimum absolute atomic E-state index is 0.715. The zero-order valence-corrected chi connectivity index (χ0v) is 13.7. The van der Waals surface area contributed by atoms with E-state index in [0.29, 0.717) is 6.04 Å². The SMILES string of the molecule is COCCN(c1ccc(CNC2CC2)c(Br)c1)C1CC1. The van der Waals surface area contributed by atoms with Crippen LogP contribution in [0.2, 0.25) is 0 Å². The molecule has 0 aliphatic heterocycles. The number of rotatable bonds is 8. The fourth-order valence-corrected chi connectivity index (χ4v) is 3.01. The van der Waals surface area contributed by atoms with Crippen LogP contribution in [0.3, 0.4) is 0 Å². The molecule has 0 aromatic heterocycles. The minimum Gasteiger partial charge on any atom is -0.383 e. The monoisotopic (exact) mass is 338 g/mol. The highest BCUT2D eigenvalue weighted by Gasteiger charge is 2.29. The lowest BCUT2D eigenvalue weighted by atomic mass is 10.2. The summed E-state index contributed by atoms with van der Waals surface area (Å²) in [6.07, 6.45) is 5.29. The Morgan fingerprint density at radius 3 is 2.70 bits per heavy atom. The maximum absolute atomic E-state index is 5.23. The molecule has 3 nitrogen and oxygen atoms in total. The van der Waals surface area contributed by atoms with Crippen molar-refractivity contribution < 1.29 is 4.74 Å². The van der Waals surface area contributed by atoms with Crippen LogP contribution < -0.4 is 10.2 Å². The van der Waals surface area contributed by atoms with Gasteiger partial charge in [-0.15, -0.1) is 0 Å². The van der Waals surface area contributed by atoms with E-state index in [1.165, 1.54) is 41.4 Å². The number of hydrogen-bond acceptors (Lipinski definition) is 3. The van der Waals surface area contributed by atoms with Crippen LogP contribution >= 0.6 is 15.9 Å². The summed E-state index contributed by atoms with van der Waals surface area (Å²) in [5.74, 6) is 0. The lowest BCUT2D eigenvalue weighted by Gasteiger charge is -2.25. The number of halogens is 1. The molecule has 1 aromatic carbocycles. The number of nitrogens with one attached hydrogen (secondary N) is 1. The van der Waals surface area contributed by atoms with Gasteiger partial charge in [-0.3, -0.25) is 0 Å². The van der Waals surface area contributed by atoms with E-state index >= 15 is 0 Å². The topological polar surface area (TPSA) is 24.5 Å². The Balaban J connectivity index is 1.66. The van der Waals surface area contributed by atoms with Crippen LogP contribution in [0.25, 0.3) is 0 Å². The molecule has 2 saturated carbocycles. The van der Waals surface area contributed by atoms with Gasteiger partial charge in [0.15, 0.2) is 0 Å². The second kappa shape index (κ2) is 6.46. The Bertz CT molecular complexity index is 458. The summed E-state index contributed by atoms with van der Waals surface area (Å²) in [5, 5.41) is 3.57. The zero-order valence-electron chi connectivity index (χ0n) is 12.1. The molecule has 1 aromatic rings. The van der Waals surface area contributed by atoms with Gasteiger partial charge in [0, 0.05) is 42.4 Å². The molecule has 2 aliphatic carbocycles. The van der Waals surface area contributed by atoms with Crippen LogP contribution in [0.5, 0.6) is 0 Å². The Morgan fingerprint density at radius 1 is 1.30 bits per heavy atom. The molecule has 0 amide bonds. The van der Waals surface area contributed by atoms with Crippen LogP contribution in [-0.2, 0) is 11.3 Å². The van der Waals surface area contributed by atoms with Crippen LogP contribution in [0, 0.1) is 0 Å². The number of benzene rings is 1. The molecular weight excluding hydrogens is 316 g/mol. The standard InChI is InChI=1S/C16H23BrN2O/c1-20-9-8-19(14-6-7-14)15-5-2-12(16(17)10-15)11-18-13-3-4-13/h2,5,10,13-14,18H,3-4,6-9,11H2,1H3. The molecule has 110 valence electrons. The molecule has 2 fully saturated rings. The quantitative estimate of drug-likeness (QED) is 0.786. The summed E-state index contributed by atoms with van der Waals surface area (Å²) in [6, 6.07) is 8.23. The summed E-state index contributed by atoms with van der Waals surface area (Å²) in [7, 11) is 1.77. The van der Waals surface area contributed by atoms with E-state index in [0.717, 1.165) is 25.7 Å². The van der Waals surface area contributed by atoms with Crippen molar-refractivity contribution in [3.63, 3.8) is 0 Å². The second-order valence-electron chi connectivity index (χ2n) is 5.85. The highest BCUT2D eigenvalue weighted by molar-refractivity contribution is 9.10. The molecule has 0 bridgehead atoms. The van der Waals surface area contributed by atoms with E-state index in [4.69, 9.17) is 4.74 Å². The van der Waals surface area contributed by atoms with Crippen molar-refractivity contribution >= 4 is 21.6 Å². The summed E-state index contributed by atoms with van der Waals surface area (Å²) in [6.45, 7) is 2.74. The molecule has 20 heavy (non-hydrogen) atoms. The van der Waals surface area contributed by atoms with Crippen molar-refractivity contribution in [2.24, 2.45) is 0 Å². The van der Waals surface area contributed by atoms with Crippen LogP contribution in [-0.4, -0.2) is 32.3 Å². The Kier molecular flexibility index (Phi) is 4.64. The van der Waals surface area contributed by atoms with Crippen molar-refractivity contribution in [2.45, 2.75) is 44.3 Å². The molecule has 2 aliphatic rings. The normalized spacial score (nSPS) is 18.3.